The van der Waals surface area contributed by atoms with Crippen LogP contribution in [-0.2, 0) is 6.54 Å². The van der Waals surface area contributed by atoms with E-state index in [1.54, 1.807) is 0 Å². The van der Waals surface area contributed by atoms with Gasteiger partial charge in [-0.25, -0.2) is 0 Å². The monoisotopic (exact) mass is 276 g/mol. The predicted molar refractivity (Wildman–Crippen MR) is 85.2 cm³/mol. The highest BCUT2D eigenvalue weighted by Gasteiger charge is 2.21. The molecule has 0 radical (unpaired) electrons. The molecule has 0 bridgehead atoms. The first-order chi connectivity index (χ1) is 9.06. The van der Waals surface area contributed by atoms with Crippen molar-refractivity contribution in [3.8, 4) is 0 Å². The second-order valence-electron chi connectivity index (χ2n) is 5.92. The molecule has 1 fully saturated rings. The van der Waals surface area contributed by atoms with Crippen molar-refractivity contribution in [2.45, 2.75) is 33.2 Å². The number of nitrogens with zero attached hydrogens (tertiary/aromatic N) is 1. The topological polar surface area (TPSA) is 29.3 Å². The summed E-state index contributed by atoms with van der Waals surface area (Å²) in [4.78, 5) is 3.03. The molecule has 1 aliphatic rings. The molecule has 1 heterocycles. The van der Waals surface area contributed by atoms with E-state index in [0.717, 1.165) is 23.9 Å². The molecule has 19 heavy (non-hydrogen) atoms. The van der Waals surface area contributed by atoms with Gasteiger partial charge in [0.25, 0.3) is 0 Å². The van der Waals surface area contributed by atoms with Gasteiger partial charge in [-0.15, -0.1) is 0 Å². The van der Waals surface area contributed by atoms with Gasteiger partial charge in [0.15, 0.2) is 0 Å². The van der Waals surface area contributed by atoms with E-state index in [-0.39, 0.29) is 0 Å². The Hall–Kier alpha value is -0.930. The minimum Gasteiger partial charge on any atom is -0.389 e. The normalized spacial score (nSPS) is 17.8. The van der Waals surface area contributed by atoms with Crippen LogP contribution in [0.2, 0.25) is 0 Å². The summed E-state index contributed by atoms with van der Waals surface area (Å²) in [6, 6.07) is 8.34. The van der Waals surface area contributed by atoms with Crippen LogP contribution in [0.15, 0.2) is 24.3 Å². The number of hydrogen-bond donors (Lipinski definition) is 1. The van der Waals surface area contributed by atoms with E-state index in [1.165, 1.54) is 31.5 Å². The predicted octanol–water partition coefficient (Wildman–Crippen LogP) is 3.19. The Labute approximate surface area is 122 Å². The molecule has 104 valence electrons. The van der Waals surface area contributed by atoms with Gasteiger partial charge in [0, 0.05) is 12.1 Å². The van der Waals surface area contributed by atoms with Crippen LogP contribution in [0.4, 0.5) is 0 Å². The molecule has 0 unspecified atom stereocenters. The van der Waals surface area contributed by atoms with E-state index in [0.29, 0.717) is 4.99 Å². The molecule has 2 N–H and O–H groups in total. The maximum Gasteiger partial charge on any atom is 0.103 e. The van der Waals surface area contributed by atoms with Crippen molar-refractivity contribution < 1.29 is 0 Å². The van der Waals surface area contributed by atoms with E-state index in [4.69, 9.17) is 18.0 Å². The van der Waals surface area contributed by atoms with Crippen LogP contribution in [0.1, 0.15) is 37.8 Å². The molecule has 0 saturated carbocycles. The van der Waals surface area contributed by atoms with E-state index in [9.17, 15) is 0 Å². The summed E-state index contributed by atoms with van der Waals surface area (Å²) >= 11 is 4.97. The largest absolute Gasteiger partial charge is 0.389 e. The van der Waals surface area contributed by atoms with Crippen LogP contribution in [0.3, 0.4) is 0 Å². The summed E-state index contributed by atoms with van der Waals surface area (Å²) in [6.07, 6.45) is 2.67. The fourth-order valence-corrected chi connectivity index (χ4v) is 2.95. The lowest BCUT2D eigenvalue weighted by Gasteiger charge is -2.33. The molecule has 1 aromatic rings. The van der Waals surface area contributed by atoms with Gasteiger partial charge in [-0.3, -0.25) is 4.90 Å². The summed E-state index contributed by atoms with van der Waals surface area (Å²) < 4.78 is 0. The number of nitrogens with two attached hydrogens (primary N) is 1. The molecule has 0 aliphatic carbocycles. The van der Waals surface area contributed by atoms with Gasteiger partial charge in [0.1, 0.15) is 4.99 Å². The van der Waals surface area contributed by atoms with Crippen molar-refractivity contribution >= 4 is 17.2 Å². The fourth-order valence-electron chi connectivity index (χ4n) is 2.81. The minimum atomic E-state index is 0.476. The Morgan fingerprint density at radius 3 is 2.32 bits per heavy atom. The number of likely N-dealkylation sites (tertiary alicyclic amines) is 1. The first-order valence-electron chi connectivity index (χ1n) is 7.17. The molecule has 1 aliphatic heterocycles. The van der Waals surface area contributed by atoms with Crippen LogP contribution in [0.5, 0.6) is 0 Å². The van der Waals surface area contributed by atoms with Crippen molar-refractivity contribution in [3.05, 3.63) is 35.4 Å². The quantitative estimate of drug-likeness (QED) is 0.856. The highest BCUT2D eigenvalue weighted by molar-refractivity contribution is 7.80. The lowest BCUT2D eigenvalue weighted by atomic mass is 9.86. The van der Waals surface area contributed by atoms with Crippen LogP contribution in [0.25, 0.3) is 0 Å². The van der Waals surface area contributed by atoms with Gasteiger partial charge >= 0.3 is 0 Å². The van der Waals surface area contributed by atoms with Gasteiger partial charge in [-0.05, 0) is 43.3 Å². The SMILES string of the molecule is CC(C)C1CCN(Cc2ccc(C(N)=S)cc2)CC1. The van der Waals surface area contributed by atoms with Gasteiger partial charge in [0.2, 0.25) is 0 Å². The van der Waals surface area contributed by atoms with Gasteiger partial charge in [0.05, 0.1) is 0 Å². The van der Waals surface area contributed by atoms with E-state index < -0.39 is 0 Å². The molecule has 3 heteroatoms. The van der Waals surface area contributed by atoms with Crippen LogP contribution < -0.4 is 5.73 Å². The first-order valence-corrected chi connectivity index (χ1v) is 7.58. The number of benzene rings is 1. The average Bonchev–Trinajstić information content (AvgIpc) is 2.40. The maximum absolute atomic E-state index is 5.61. The summed E-state index contributed by atoms with van der Waals surface area (Å²) in [5.74, 6) is 1.74. The Balaban J connectivity index is 1.87. The molecule has 2 rings (SSSR count). The smallest absolute Gasteiger partial charge is 0.103 e. The summed E-state index contributed by atoms with van der Waals surface area (Å²) in [5, 5.41) is 0. The van der Waals surface area contributed by atoms with Gasteiger partial charge < -0.3 is 5.73 Å². The van der Waals surface area contributed by atoms with E-state index in [2.05, 4.69) is 30.9 Å². The zero-order valence-corrected chi connectivity index (χ0v) is 12.7. The molecule has 0 atom stereocenters. The molecule has 0 spiro atoms. The second kappa shape index (κ2) is 6.49. The number of piperidine rings is 1. The number of rotatable bonds is 4. The molecule has 2 nitrogen and oxygen atoms in total. The van der Waals surface area contributed by atoms with Crippen LogP contribution in [0, 0.1) is 11.8 Å². The maximum atomic E-state index is 5.61. The van der Waals surface area contributed by atoms with Crippen molar-refractivity contribution in [1.29, 1.82) is 0 Å². The van der Waals surface area contributed by atoms with Crippen molar-refractivity contribution in [3.63, 3.8) is 0 Å². The zero-order chi connectivity index (χ0) is 13.8. The molecule has 1 aromatic carbocycles. The Bertz CT molecular complexity index is 417. The van der Waals surface area contributed by atoms with Crippen LogP contribution in [-0.4, -0.2) is 23.0 Å². The number of hydrogen-bond acceptors (Lipinski definition) is 2. The van der Waals surface area contributed by atoms with Crippen molar-refractivity contribution in [2.75, 3.05) is 13.1 Å². The molecule has 0 aromatic heterocycles. The third-order valence-electron chi connectivity index (χ3n) is 4.22. The minimum absolute atomic E-state index is 0.476. The van der Waals surface area contributed by atoms with Crippen LogP contribution >= 0.6 is 12.2 Å². The van der Waals surface area contributed by atoms with Gasteiger partial charge in [-0.1, -0.05) is 50.3 Å². The highest BCUT2D eigenvalue weighted by atomic mass is 32.1. The second-order valence-corrected chi connectivity index (χ2v) is 6.36. The molecular formula is C16H24N2S. The highest BCUT2D eigenvalue weighted by Crippen LogP contribution is 2.25. The van der Waals surface area contributed by atoms with Crippen molar-refractivity contribution in [2.24, 2.45) is 17.6 Å². The summed E-state index contributed by atoms with van der Waals surface area (Å²) in [5.41, 5.74) is 7.92. The Morgan fingerprint density at radius 1 is 1.26 bits per heavy atom. The van der Waals surface area contributed by atoms with E-state index in [1.807, 2.05) is 12.1 Å². The Kier molecular flexibility index (Phi) is 4.94. The first kappa shape index (κ1) is 14.5. The fraction of sp³-hybridized carbons (Fsp3) is 0.562. The lowest BCUT2D eigenvalue weighted by Crippen LogP contribution is -2.34. The number of thiocarbonyl (C=S) groups is 1. The van der Waals surface area contributed by atoms with E-state index >= 15 is 0 Å². The zero-order valence-electron chi connectivity index (χ0n) is 11.9. The summed E-state index contributed by atoms with van der Waals surface area (Å²) in [7, 11) is 0. The molecule has 1 saturated heterocycles. The third-order valence-corrected chi connectivity index (χ3v) is 4.46. The van der Waals surface area contributed by atoms with Gasteiger partial charge in [-0.2, -0.15) is 0 Å². The van der Waals surface area contributed by atoms with Crippen molar-refractivity contribution in [1.82, 2.24) is 4.90 Å². The lowest BCUT2D eigenvalue weighted by molar-refractivity contribution is 0.152. The third kappa shape index (κ3) is 4.02. The average molecular weight is 276 g/mol. The standard InChI is InChI=1S/C16H24N2S/c1-12(2)14-7-9-18(10-8-14)11-13-3-5-15(6-4-13)16(17)19/h3-6,12,14H,7-11H2,1-2H3,(H2,17,19). The summed E-state index contributed by atoms with van der Waals surface area (Å²) in [6.45, 7) is 8.17. The molecule has 0 amide bonds. The Morgan fingerprint density at radius 2 is 1.84 bits per heavy atom. The molecular weight excluding hydrogens is 252 g/mol.